The summed E-state index contributed by atoms with van der Waals surface area (Å²) in [5.41, 5.74) is 3.18. The zero-order chi connectivity index (χ0) is 19.6. The topological polar surface area (TPSA) is 41.6 Å². The van der Waals surface area contributed by atoms with Gasteiger partial charge in [0, 0.05) is 36.8 Å². The highest BCUT2D eigenvalue weighted by atomic mass is 16.5. The van der Waals surface area contributed by atoms with Gasteiger partial charge < -0.3 is 10.1 Å². The third-order valence-corrected chi connectivity index (χ3v) is 5.81. The molecule has 1 amide bonds. The Kier molecular flexibility index (Phi) is 4.78. The molecule has 0 radical (unpaired) electrons. The van der Waals surface area contributed by atoms with Crippen LogP contribution in [0.25, 0.3) is 0 Å². The maximum atomic E-state index is 13.4. The SMILES string of the molecule is O=C(NC1CCN(Cc2ccccc2)C1)C1c2ccccc2Oc2ccccc21. The first-order valence-electron chi connectivity index (χ1n) is 10.2. The molecule has 0 saturated carbocycles. The minimum Gasteiger partial charge on any atom is -0.457 e. The monoisotopic (exact) mass is 384 g/mol. The molecule has 1 unspecified atom stereocenters. The van der Waals surface area contributed by atoms with Gasteiger partial charge in [-0.15, -0.1) is 0 Å². The zero-order valence-electron chi connectivity index (χ0n) is 16.3. The molecule has 0 aliphatic carbocycles. The Bertz CT molecular complexity index is 973. The van der Waals surface area contributed by atoms with E-state index in [1.807, 2.05) is 54.6 Å². The van der Waals surface area contributed by atoms with E-state index in [-0.39, 0.29) is 17.9 Å². The van der Waals surface area contributed by atoms with Gasteiger partial charge >= 0.3 is 0 Å². The predicted octanol–water partition coefficient (Wildman–Crippen LogP) is 4.31. The quantitative estimate of drug-likeness (QED) is 0.729. The lowest BCUT2D eigenvalue weighted by atomic mass is 9.87. The zero-order valence-corrected chi connectivity index (χ0v) is 16.3. The summed E-state index contributed by atoms with van der Waals surface area (Å²) in [4.78, 5) is 15.8. The van der Waals surface area contributed by atoms with Crippen LogP contribution >= 0.6 is 0 Å². The van der Waals surface area contributed by atoms with E-state index in [0.29, 0.717) is 0 Å². The van der Waals surface area contributed by atoms with E-state index in [2.05, 4.69) is 34.5 Å². The van der Waals surface area contributed by atoms with Crippen molar-refractivity contribution < 1.29 is 9.53 Å². The number of nitrogens with zero attached hydrogens (tertiary/aromatic N) is 1. The van der Waals surface area contributed by atoms with E-state index >= 15 is 0 Å². The predicted molar refractivity (Wildman–Crippen MR) is 113 cm³/mol. The van der Waals surface area contributed by atoms with Crippen molar-refractivity contribution in [2.45, 2.75) is 24.9 Å². The van der Waals surface area contributed by atoms with Crippen LogP contribution < -0.4 is 10.1 Å². The van der Waals surface area contributed by atoms with Crippen molar-refractivity contribution in [1.29, 1.82) is 0 Å². The Morgan fingerprint density at radius 2 is 1.52 bits per heavy atom. The molecule has 2 heterocycles. The molecule has 0 spiro atoms. The number of carbonyl (C=O) groups is 1. The van der Waals surface area contributed by atoms with Crippen molar-refractivity contribution in [1.82, 2.24) is 10.2 Å². The van der Waals surface area contributed by atoms with Crippen LogP contribution in [0, 0.1) is 0 Å². The number of fused-ring (bicyclic) bond motifs is 2. The van der Waals surface area contributed by atoms with Crippen LogP contribution in [0.3, 0.4) is 0 Å². The fourth-order valence-electron chi connectivity index (χ4n) is 4.41. The Morgan fingerprint density at radius 3 is 2.21 bits per heavy atom. The normalized spacial score (nSPS) is 18.6. The third kappa shape index (κ3) is 3.64. The van der Waals surface area contributed by atoms with Crippen LogP contribution in [0.4, 0.5) is 0 Å². The number of likely N-dealkylation sites (tertiary alicyclic amines) is 1. The standard InChI is InChI=1S/C25H24N2O2/c28-25(26-19-14-15-27(17-19)16-18-8-2-1-3-9-18)24-20-10-4-6-12-22(20)29-23-13-7-5-11-21(23)24/h1-13,19,24H,14-17H2,(H,26,28). The molecule has 3 aromatic carbocycles. The van der Waals surface area contributed by atoms with Crippen molar-refractivity contribution in [3.8, 4) is 11.5 Å². The fraction of sp³-hybridized carbons (Fsp3) is 0.240. The van der Waals surface area contributed by atoms with E-state index in [9.17, 15) is 4.79 Å². The maximum absolute atomic E-state index is 13.4. The summed E-state index contributed by atoms with van der Waals surface area (Å²) in [6.45, 7) is 2.81. The number of para-hydroxylation sites is 2. The third-order valence-electron chi connectivity index (χ3n) is 5.81. The van der Waals surface area contributed by atoms with Crippen LogP contribution in [-0.2, 0) is 11.3 Å². The van der Waals surface area contributed by atoms with Crippen LogP contribution in [0.2, 0.25) is 0 Å². The number of hydrogen-bond donors (Lipinski definition) is 1. The van der Waals surface area contributed by atoms with Crippen molar-refractivity contribution >= 4 is 5.91 Å². The summed E-state index contributed by atoms with van der Waals surface area (Å²) in [5, 5.41) is 3.31. The first-order valence-corrected chi connectivity index (χ1v) is 10.2. The number of hydrogen-bond acceptors (Lipinski definition) is 3. The Balaban J connectivity index is 1.32. The summed E-state index contributed by atoms with van der Waals surface area (Å²) >= 11 is 0. The fourth-order valence-corrected chi connectivity index (χ4v) is 4.41. The van der Waals surface area contributed by atoms with Gasteiger partial charge in [0.15, 0.2) is 0 Å². The molecular formula is C25H24N2O2. The van der Waals surface area contributed by atoms with Gasteiger partial charge in [0.2, 0.25) is 5.91 Å². The molecule has 1 saturated heterocycles. The van der Waals surface area contributed by atoms with Crippen LogP contribution in [0.5, 0.6) is 11.5 Å². The lowest BCUT2D eigenvalue weighted by Crippen LogP contribution is -2.40. The number of ether oxygens (including phenoxy) is 1. The molecule has 0 bridgehead atoms. The van der Waals surface area contributed by atoms with E-state index in [4.69, 9.17) is 4.74 Å². The Morgan fingerprint density at radius 1 is 0.897 bits per heavy atom. The first-order chi connectivity index (χ1) is 14.3. The second-order valence-corrected chi connectivity index (χ2v) is 7.83. The first kappa shape index (κ1) is 18.0. The lowest BCUT2D eigenvalue weighted by Gasteiger charge is -2.28. The van der Waals surface area contributed by atoms with Crippen LogP contribution in [-0.4, -0.2) is 29.9 Å². The number of benzene rings is 3. The number of carbonyl (C=O) groups excluding carboxylic acids is 1. The van der Waals surface area contributed by atoms with Gasteiger partial charge in [0.1, 0.15) is 11.5 Å². The van der Waals surface area contributed by atoms with Crippen LogP contribution in [0.1, 0.15) is 29.0 Å². The van der Waals surface area contributed by atoms with E-state index in [1.165, 1.54) is 5.56 Å². The summed E-state index contributed by atoms with van der Waals surface area (Å²) in [6.07, 6.45) is 0.977. The smallest absolute Gasteiger partial charge is 0.232 e. The maximum Gasteiger partial charge on any atom is 0.232 e. The van der Waals surface area contributed by atoms with Gasteiger partial charge in [-0.05, 0) is 24.1 Å². The summed E-state index contributed by atoms with van der Waals surface area (Å²) in [7, 11) is 0. The molecule has 2 aliphatic heterocycles. The van der Waals surface area contributed by atoms with Crippen molar-refractivity contribution in [3.63, 3.8) is 0 Å². The number of nitrogens with one attached hydrogen (secondary N) is 1. The van der Waals surface area contributed by atoms with Gasteiger partial charge in [0.25, 0.3) is 0 Å². The van der Waals surface area contributed by atoms with Crippen molar-refractivity contribution in [2.75, 3.05) is 13.1 Å². The molecule has 4 nitrogen and oxygen atoms in total. The molecule has 29 heavy (non-hydrogen) atoms. The minimum absolute atomic E-state index is 0.0553. The van der Waals surface area contributed by atoms with Gasteiger partial charge in [-0.2, -0.15) is 0 Å². The molecule has 1 fully saturated rings. The van der Waals surface area contributed by atoms with Gasteiger partial charge in [-0.25, -0.2) is 0 Å². The average Bonchev–Trinajstić information content (AvgIpc) is 3.19. The van der Waals surface area contributed by atoms with Crippen molar-refractivity contribution in [2.24, 2.45) is 0 Å². The van der Waals surface area contributed by atoms with E-state index in [1.54, 1.807) is 0 Å². The largest absolute Gasteiger partial charge is 0.457 e. The van der Waals surface area contributed by atoms with Crippen LogP contribution in [0.15, 0.2) is 78.9 Å². The minimum atomic E-state index is -0.334. The highest BCUT2D eigenvalue weighted by molar-refractivity contribution is 5.89. The molecule has 3 aromatic rings. The second kappa shape index (κ2) is 7.72. The number of rotatable bonds is 4. The molecule has 5 rings (SSSR count). The van der Waals surface area contributed by atoms with E-state index < -0.39 is 0 Å². The molecular weight excluding hydrogens is 360 g/mol. The summed E-state index contributed by atoms with van der Waals surface area (Å²) < 4.78 is 6.02. The Labute approximate surface area is 171 Å². The molecule has 146 valence electrons. The highest BCUT2D eigenvalue weighted by Gasteiger charge is 2.34. The molecule has 2 aliphatic rings. The Hall–Kier alpha value is -3.11. The van der Waals surface area contributed by atoms with Gasteiger partial charge in [0.05, 0.1) is 5.92 Å². The van der Waals surface area contributed by atoms with Gasteiger partial charge in [-0.3, -0.25) is 9.69 Å². The van der Waals surface area contributed by atoms with Crippen molar-refractivity contribution in [3.05, 3.63) is 95.6 Å². The molecule has 1 N–H and O–H groups in total. The summed E-state index contributed by atoms with van der Waals surface area (Å²) in [5.74, 6) is 1.26. The lowest BCUT2D eigenvalue weighted by molar-refractivity contribution is -0.122. The second-order valence-electron chi connectivity index (χ2n) is 7.83. The van der Waals surface area contributed by atoms with E-state index in [0.717, 1.165) is 48.7 Å². The highest BCUT2D eigenvalue weighted by Crippen LogP contribution is 2.44. The average molecular weight is 384 g/mol. The number of amides is 1. The summed E-state index contributed by atoms with van der Waals surface area (Å²) in [6, 6.07) is 26.3. The molecule has 4 heteroatoms. The molecule has 0 aromatic heterocycles. The molecule has 1 atom stereocenters. The van der Waals surface area contributed by atoms with Gasteiger partial charge in [-0.1, -0.05) is 66.7 Å².